The van der Waals surface area contributed by atoms with Crippen molar-refractivity contribution in [2.75, 3.05) is 0 Å². The average molecular weight is 231 g/mol. The van der Waals surface area contributed by atoms with E-state index in [1.165, 1.54) is 38.5 Å². The summed E-state index contributed by atoms with van der Waals surface area (Å²) in [6.07, 6.45) is 10.8. The van der Waals surface area contributed by atoms with Crippen LogP contribution in [0.25, 0.3) is 0 Å². The zero-order chi connectivity index (χ0) is 11.7. The van der Waals surface area contributed by atoms with Gasteiger partial charge in [0, 0.05) is 10.4 Å². The molecule has 0 bridgehead atoms. The highest BCUT2D eigenvalue weighted by Gasteiger charge is 2.25. The van der Waals surface area contributed by atoms with Gasteiger partial charge in [0.15, 0.2) is 0 Å². The molecule has 0 amide bonds. The lowest BCUT2D eigenvalue weighted by Crippen LogP contribution is -2.16. The number of halogens is 1. The minimum absolute atomic E-state index is 0.238. The molecule has 0 fully saturated rings. The van der Waals surface area contributed by atoms with E-state index >= 15 is 0 Å². The van der Waals surface area contributed by atoms with Gasteiger partial charge in [-0.3, -0.25) is 0 Å². The van der Waals surface area contributed by atoms with Crippen LogP contribution in [0.3, 0.4) is 0 Å². The van der Waals surface area contributed by atoms with Crippen LogP contribution in [0.5, 0.6) is 0 Å². The summed E-state index contributed by atoms with van der Waals surface area (Å²) in [4.78, 5) is 0. The highest BCUT2D eigenvalue weighted by Crippen LogP contribution is 2.40. The van der Waals surface area contributed by atoms with Crippen molar-refractivity contribution in [2.45, 2.75) is 72.6 Å². The van der Waals surface area contributed by atoms with E-state index in [-0.39, 0.29) is 5.41 Å². The summed E-state index contributed by atoms with van der Waals surface area (Å²) >= 11 is 6.41. The van der Waals surface area contributed by atoms with Crippen molar-refractivity contribution in [1.29, 1.82) is 0 Å². The molecule has 15 heavy (non-hydrogen) atoms. The summed E-state index contributed by atoms with van der Waals surface area (Å²) in [5.74, 6) is 0. The van der Waals surface area contributed by atoms with Crippen LogP contribution >= 0.6 is 11.6 Å². The molecular weight excluding hydrogens is 204 g/mol. The predicted octanol–water partition coefficient (Wildman–Crippen LogP) is 5.91. The van der Waals surface area contributed by atoms with Gasteiger partial charge in [-0.05, 0) is 19.3 Å². The molecule has 0 saturated heterocycles. The molecule has 0 aliphatic carbocycles. The molecule has 0 nitrogen and oxygen atoms in total. The van der Waals surface area contributed by atoms with Crippen molar-refractivity contribution in [3.05, 3.63) is 11.1 Å². The van der Waals surface area contributed by atoms with Gasteiger partial charge in [-0.25, -0.2) is 0 Å². The van der Waals surface area contributed by atoms with Gasteiger partial charge in [0.1, 0.15) is 0 Å². The fraction of sp³-hybridized carbons (Fsp3) is 0.857. The third-order valence-electron chi connectivity index (χ3n) is 3.09. The third-order valence-corrected chi connectivity index (χ3v) is 3.70. The Balaban J connectivity index is 4.36. The van der Waals surface area contributed by atoms with E-state index < -0.39 is 0 Å². The van der Waals surface area contributed by atoms with E-state index in [1.54, 1.807) is 0 Å². The van der Waals surface area contributed by atoms with E-state index in [4.69, 9.17) is 11.6 Å². The summed E-state index contributed by atoms with van der Waals surface area (Å²) in [7, 11) is 0. The van der Waals surface area contributed by atoms with Crippen LogP contribution in [0.2, 0.25) is 0 Å². The average Bonchev–Trinajstić information content (AvgIpc) is 2.19. The minimum atomic E-state index is 0.238. The first kappa shape index (κ1) is 15.0. The third kappa shape index (κ3) is 5.61. The first-order chi connectivity index (χ1) is 7.10. The van der Waals surface area contributed by atoms with E-state index in [0.717, 1.165) is 11.5 Å². The lowest BCUT2D eigenvalue weighted by Gasteiger charge is -2.29. The van der Waals surface area contributed by atoms with Gasteiger partial charge < -0.3 is 0 Å². The van der Waals surface area contributed by atoms with Crippen molar-refractivity contribution in [3.8, 4) is 0 Å². The van der Waals surface area contributed by atoms with Crippen molar-refractivity contribution < 1.29 is 0 Å². The SMILES string of the molecule is CC/C=C(/Cl)C(C)(CCC)CCCCC. The molecule has 1 heteroatoms. The van der Waals surface area contributed by atoms with Crippen LogP contribution in [0.1, 0.15) is 72.6 Å². The zero-order valence-corrected chi connectivity index (χ0v) is 11.7. The van der Waals surface area contributed by atoms with Crippen LogP contribution in [-0.2, 0) is 0 Å². The molecule has 0 radical (unpaired) electrons. The van der Waals surface area contributed by atoms with E-state index in [0.29, 0.717) is 0 Å². The first-order valence-corrected chi connectivity index (χ1v) is 6.84. The van der Waals surface area contributed by atoms with Gasteiger partial charge >= 0.3 is 0 Å². The monoisotopic (exact) mass is 230 g/mol. The molecule has 0 aliphatic heterocycles. The second kappa shape index (κ2) is 8.21. The van der Waals surface area contributed by atoms with Gasteiger partial charge in [0.2, 0.25) is 0 Å². The molecule has 0 heterocycles. The van der Waals surface area contributed by atoms with Crippen molar-refractivity contribution >= 4 is 11.6 Å². The molecule has 0 aliphatic rings. The number of allylic oxidation sites excluding steroid dienone is 2. The summed E-state index contributed by atoms with van der Waals surface area (Å²) in [6, 6.07) is 0. The highest BCUT2D eigenvalue weighted by atomic mass is 35.5. The first-order valence-electron chi connectivity index (χ1n) is 6.46. The van der Waals surface area contributed by atoms with Gasteiger partial charge in [-0.2, -0.15) is 0 Å². The Labute approximate surface area is 101 Å². The Kier molecular flexibility index (Phi) is 8.23. The molecule has 0 spiro atoms. The number of unbranched alkanes of at least 4 members (excludes halogenated alkanes) is 2. The molecule has 90 valence electrons. The number of hydrogen-bond acceptors (Lipinski definition) is 0. The van der Waals surface area contributed by atoms with E-state index in [9.17, 15) is 0 Å². The molecule has 0 saturated carbocycles. The molecule has 1 atom stereocenters. The standard InChI is InChI=1S/C14H27Cl/c1-5-8-9-12-14(4,11-7-3)13(15)10-6-2/h10H,5-9,11-12H2,1-4H3/b13-10+. The Hall–Kier alpha value is 0.0300. The normalized spacial score (nSPS) is 16.5. The molecule has 0 aromatic carbocycles. The second-order valence-corrected chi connectivity index (χ2v) is 5.14. The fourth-order valence-corrected chi connectivity index (χ4v) is 2.45. The number of rotatable bonds is 8. The Morgan fingerprint density at radius 2 is 1.73 bits per heavy atom. The summed E-state index contributed by atoms with van der Waals surface area (Å²) in [5.41, 5.74) is 0.238. The Bertz CT molecular complexity index is 184. The molecule has 1 unspecified atom stereocenters. The Morgan fingerprint density at radius 1 is 1.07 bits per heavy atom. The highest BCUT2D eigenvalue weighted by molar-refractivity contribution is 6.30. The lowest BCUT2D eigenvalue weighted by molar-refractivity contribution is 0.332. The van der Waals surface area contributed by atoms with Crippen LogP contribution in [-0.4, -0.2) is 0 Å². The lowest BCUT2D eigenvalue weighted by atomic mass is 9.80. The van der Waals surface area contributed by atoms with Gasteiger partial charge in [0.25, 0.3) is 0 Å². The second-order valence-electron chi connectivity index (χ2n) is 4.73. The molecule has 0 rings (SSSR count). The molecular formula is C14H27Cl. The van der Waals surface area contributed by atoms with Gasteiger partial charge in [-0.1, -0.05) is 71.1 Å². The summed E-state index contributed by atoms with van der Waals surface area (Å²) < 4.78 is 0. The van der Waals surface area contributed by atoms with Crippen molar-refractivity contribution in [2.24, 2.45) is 5.41 Å². The van der Waals surface area contributed by atoms with E-state index in [1.807, 2.05) is 0 Å². The minimum Gasteiger partial charge on any atom is -0.0889 e. The van der Waals surface area contributed by atoms with Crippen LogP contribution in [0.15, 0.2) is 11.1 Å². The molecule has 0 N–H and O–H groups in total. The quantitative estimate of drug-likeness (QED) is 0.455. The van der Waals surface area contributed by atoms with Gasteiger partial charge in [-0.15, -0.1) is 0 Å². The smallest absolute Gasteiger partial charge is 0.0200 e. The maximum Gasteiger partial charge on any atom is 0.0200 e. The summed E-state index contributed by atoms with van der Waals surface area (Å²) in [6.45, 7) is 8.97. The van der Waals surface area contributed by atoms with Crippen LogP contribution in [0, 0.1) is 5.41 Å². The predicted molar refractivity (Wildman–Crippen MR) is 71.4 cm³/mol. The van der Waals surface area contributed by atoms with E-state index in [2.05, 4.69) is 33.8 Å². The maximum absolute atomic E-state index is 6.41. The topological polar surface area (TPSA) is 0 Å². The molecule has 0 aromatic rings. The van der Waals surface area contributed by atoms with Crippen LogP contribution in [0.4, 0.5) is 0 Å². The Morgan fingerprint density at radius 3 is 2.20 bits per heavy atom. The number of hydrogen-bond donors (Lipinski definition) is 0. The maximum atomic E-state index is 6.41. The summed E-state index contributed by atoms with van der Waals surface area (Å²) in [5, 5.41) is 1.09. The van der Waals surface area contributed by atoms with Crippen molar-refractivity contribution in [1.82, 2.24) is 0 Å². The van der Waals surface area contributed by atoms with Crippen LogP contribution < -0.4 is 0 Å². The zero-order valence-electron chi connectivity index (χ0n) is 10.9. The van der Waals surface area contributed by atoms with Gasteiger partial charge in [0.05, 0.1) is 0 Å². The van der Waals surface area contributed by atoms with Crippen molar-refractivity contribution in [3.63, 3.8) is 0 Å². The molecule has 0 aromatic heterocycles. The largest absolute Gasteiger partial charge is 0.0889 e. The fourth-order valence-electron chi connectivity index (χ4n) is 2.11.